The molecule has 0 aromatic heterocycles. The average Bonchev–Trinajstić information content (AvgIpc) is 3.14. The fraction of sp³-hybridized carbons (Fsp3) is 0.471. The predicted octanol–water partition coefficient (Wildman–Crippen LogP) is 1.07. The molecular formula is C17H22N4O3. The maximum atomic E-state index is 12.1. The third-order valence-corrected chi connectivity index (χ3v) is 4.71. The first kappa shape index (κ1) is 16.4. The van der Waals surface area contributed by atoms with Crippen LogP contribution in [0.15, 0.2) is 24.3 Å². The van der Waals surface area contributed by atoms with E-state index in [9.17, 15) is 14.4 Å². The quantitative estimate of drug-likeness (QED) is 0.607. The van der Waals surface area contributed by atoms with Crippen molar-refractivity contribution < 1.29 is 14.4 Å². The molecule has 2 aliphatic rings. The Kier molecular flexibility index (Phi) is 4.53. The first-order chi connectivity index (χ1) is 11.5. The number of anilines is 1. The lowest BCUT2D eigenvalue weighted by Crippen LogP contribution is -2.40. The van der Waals surface area contributed by atoms with Gasteiger partial charge >= 0.3 is 6.03 Å². The highest BCUT2D eigenvalue weighted by Crippen LogP contribution is 2.26. The third-order valence-electron chi connectivity index (χ3n) is 4.71. The topological polar surface area (TPSA) is 99.3 Å². The van der Waals surface area contributed by atoms with E-state index in [1.807, 2.05) is 0 Å². The molecule has 0 radical (unpaired) electrons. The van der Waals surface area contributed by atoms with Crippen LogP contribution in [0, 0.1) is 5.92 Å². The summed E-state index contributed by atoms with van der Waals surface area (Å²) in [5.74, 6) is 0.132. The van der Waals surface area contributed by atoms with Crippen LogP contribution in [0.3, 0.4) is 0 Å². The van der Waals surface area contributed by atoms with Crippen molar-refractivity contribution in [1.82, 2.24) is 16.0 Å². The van der Waals surface area contributed by atoms with Gasteiger partial charge in [0.1, 0.15) is 5.54 Å². The smallest absolute Gasteiger partial charge is 0.322 e. The lowest BCUT2D eigenvalue weighted by Gasteiger charge is -2.21. The Hall–Kier alpha value is -2.41. The van der Waals surface area contributed by atoms with E-state index in [2.05, 4.69) is 21.3 Å². The number of carbonyl (C=O) groups is 3. The van der Waals surface area contributed by atoms with Crippen molar-refractivity contribution >= 4 is 23.5 Å². The highest BCUT2D eigenvalue weighted by molar-refractivity contribution is 6.07. The zero-order chi connectivity index (χ0) is 17.2. The van der Waals surface area contributed by atoms with Crippen LogP contribution in [0.2, 0.25) is 0 Å². The number of nitrogens with one attached hydrogen (secondary N) is 4. The van der Waals surface area contributed by atoms with Crippen LogP contribution in [0.5, 0.6) is 0 Å². The van der Waals surface area contributed by atoms with Crippen molar-refractivity contribution in [2.75, 3.05) is 18.4 Å². The molecular weight excluding hydrogens is 308 g/mol. The van der Waals surface area contributed by atoms with Gasteiger partial charge in [-0.25, -0.2) is 4.79 Å². The maximum absolute atomic E-state index is 12.1. The number of hydrogen-bond donors (Lipinski definition) is 4. The van der Waals surface area contributed by atoms with Crippen LogP contribution in [0.25, 0.3) is 0 Å². The van der Waals surface area contributed by atoms with E-state index in [0.717, 1.165) is 25.9 Å². The molecule has 7 heteroatoms. The van der Waals surface area contributed by atoms with Gasteiger partial charge in [0, 0.05) is 12.1 Å². The molecule has 2 aliphatic heterocycles. The zero-order valence-electron chi connectivity index (χ0n) is 13.6. The molecule has 1 aromatic rings. The minimum absolute atomic E-state index is 0.0379. The van der Waals surface area contributed by atoms with Crippen molar-refractivity contribution in [3.63, 3.8) is 0 Å². The van der Waals surface area contributed by atoms with Crippen LogP contribution in [-0.4, -0.2) is 30.9 Å². The van der Waals surface area contributed by atoms with Crippen molar-refractivity contribution in [3.05, 3.63) is 29.8 Å². The van der Waals surface area contributed by atoms with Gasteiger partial charge in [-0.2, -0.15) is 0 Å². The summed E-state index contributed by atoms with van der Waals surface area (Å²) in [6.07, 6.45) is 2.47. The van der Waals surface area contributed by atoms with Gasteiger partial charge in [0.25, 0.3) is 5.91 Å². The number of benzene rings is 1. The molecule has 7 nitrogen and oxygen atoms in total. The van der Waals surface area contributed by atoms with Crippen LogP contribution in [0.1, 0.15) is 31.7 Å². The number of rotatable bonds is 5. The van der Waals surface area contributed by atoms with E-state index in [1.165, 1.54) is 0 Å². The summed E-state index contributed by atoms with van der Waals surface area (Å²) >= 11 is 0. The number of amides is 4. The molecule has 3 rings (SSSR count). The normalized spacial score (nSPS) is 26.1. The lowest BCUT2D eigenvalue weighted by atomic mass is 9.92. The summed E-state index contributed by atoms with van der Waals surface area (Å²) in [5.41, 5.74) is 0.133. The van der Waals surface area contributed by atoms with Gasteiger partial charge in [0.05, 0.1) is 0 Å². The van der Waals surface area contributed by atoms with Crippen molar-refractivity contribution in [2.24, 2.45) is 5.92 Å². The molecule has 2 saturated heterocycles. The second kappa shape index (κ2) is 6.60. The molecule has 2 heterocycles. The molecule has 0 saturated carbocycles. The molecule has 1 aromatic carbocycles. The first-order valence-electron chi connectivity index (χ1n) is 8.22. The summed E-state index contributed by atoms with van der Waals surface area (Å²) < 4.78 is 0. The first-order valence-corrected chi connectivity index (χ1v) is 8.22. The zero-order valence-corrected chi connectivity index (χ0v) is 13.6. The Balaban J connectivity index is 1.63. The monoisotopic (exact) mass is 330 g/mol. The fourth-order valence-corrected chi connectivity index (χ4v) is 3.17. The van der Waals surface area contributed by atoms with Crippen molar-refractivity contribution in [1.29, 1.82) is 0 Å². The Morgan fingerprint density at radius 3 is 2.88 bits per heavy atom. The summed E-state index contributed by atoms with van der Waals surface area (Å²) in [6.45, 7) is 3.65. The van der Waals surface area contributed by atoms with Gasteiger partial charge in [-0.05, 0) is 56.5 Å². The van der Waals surface area contributed by atoms with E-state index >= 15 is 0 Å². The SMILES string of the molecule is CC1(c2cccc(NC(=O)CCC3CCNC3)c2)NC(=O)NC1=O. The van der Waals surface area contributed by atoms with E-state index in [4.69, 9.17) is 0 Å². The fourth-order valence-electron chi connectivity index (χ4n) is 3.17. The number of imide groups is 1. The largest absolute Gasteiger partial charge is 0.326 e. The Morgan fingerprint density at radius 1 is 1.38 bits per heavy atom. The molecule has 0 aliphatic carbocycles. The minimum Gasteiger partial charge on any atom is -0.326 e. The molecule has 2 fully saturated rings. The van der Waals surface area contributed by atoms with Crippen LogP contribution in [0.4, 0.5) is 10.5 Å². The molecule has 4 amide bonds. The Bertz CT molecular complexity index is 670. The standard InChI is InChI=1S/C17H22N4O3/c1-17(15(23)20-16(24)21-17)12-3-2-4-13(9-12)19-14(22)6-5-11-7-8-18-10-11/h2-4,9,11,18H,5-8,10H2,1H3,(H,19,22)(H2,20,21,23,24). The van der Waals surface area contributed by atoms with Gasteiger partial charge in [-0.15, -0.1) is 0 Å². The van der Waals surface area contributed by atoms with Crippen molar-refractivity contribution in [3.8, 4) is 0 Å². The third kappa shape index (κ3) is 3.41. The Labute approximate surface area is 140 Å². The van der Waals surface area contributed by atoms with E-state index in [1.54, 1.807) is 31.2 Å². The molecule has 4 N–H and O–H groups in total. The highest BCUT2D eigenvalue weighted by atomic mass is 16.2. The Morgan fingerprint density at radius 2 is 2.21 bits per heavy atom. The van der Waals surface area contributed by atoms with E-state index in [-0.39, 0.29) is 5.91 Å². The summed E-state index contributed by atoms with van der Waals surface area (Å²) in [6, 6.07) is 6.50. The molecule has 128 valence electrons. The lowest BCUT2D eigenvalue weighted by molar-refractivity contribution is -0.123. The number of urea groups is 1. The number of carbonyl (C=O) groups excluding carboxylic acids is 3. The van der Waals surface area contributed by atoms with E-state index < -0.39 is 17.5 Å². The summed E-state index contributed by atoms with van der Waals surface area (Å²) in [5, 5.41) is 11.0. The van der Waals surface area contributed by atoms with Gasteiger partial charge in [-0.3, -0.25) is 14.9 Å². The van der Waals surface area contributed by atoms with Gasteiger partial charge in [0.15, 0.2) is 0 Å². The van der Waals surface area contributed by atoms with E-state index in [0.29, 0.717) is 23.6 Å². The van der Waals surface area contributed by atoms with Crippen LogP contribution < -0.4 is 21.3 Å². The summed E-state index contributed by atoms with van der Waals surface area (Å²) in [4.78, 5) is 35.5. The van der Waals surface area contributed by atoms with Gasteiger partial charge < -0.3 is 16.0 Å². The molecule has 0 bridgehead atoms. The highest BCUT2D eigenvalue weighted by Gasteiger charge is 2.43. The number of hydrogen-bond acceptors (Lipinski definition) is 4. The molecule has 0 spiro atoms. The van der Waals surface area contributed by atoms with Crippen LogP contribution in [-0.2, 0) is 15.1 Å². The predicted molar refractivity (Wildman–Crippen MR) is 89.3 cm³/mol. The van der Waals surface area contributed by atoms with Gasteiger partial charge in [-0.1, -0.05) is 12.1 Å². The molecule has 2 unspecified atom stereocenters. The van der Waals surface area contributed by atoms with Crippen LogP contribution >= 0.6 is 0 Å². The second-order valence-electron chi connectivity index (χ2n) is 6.56. The second-order valence-corrected chi connectivity index (χ2v) is 6.56. The van der Waals surface area contributed by atoms with Crippen molar-refractivity contribution in [2.45, 2.75) is 31.7 Å². The molecule has 2 atom stereocenters. The van der Waals surface area contributed by atoms with Gasteiger partial charge in [0.2, 0.25) is 5.91 Å². The molecule has 24 heavy (non-hydrogen) atoms. The minimum atomic E-state index is -1.12. The average molecular weight is 330 g/mol. The summed E-state index contributed by atoms with van der Waals surface area (Å²) in [7, 11) is 0. The maximum Gasteiger partial charge on any atom is 0.322 e.